The maximum atomic E-state index is 12.4. The van der Waals surface area contributed by atoms with Crippen LogP contribution in [0.5, 0.6) is 11.5 Å². The summed E-state index contributed by atoms with van der Waals surface area (Å²) in [6.07, 6.45) is 0. The third kappa shape index (κ3) is 5.16. The summed E-state index contributed by atoms with van der Waals surface area (Å²) >= 11 is 0. The summed E-state index contributed by atoms with van der Waals surface area (Å²) < 4.78 is 14.0. The molecule has 9 nitrogen and oxygen atoms in total. The Balaban J connectivity index is 1.86. The van der Waals surface area contributed by atoms with E-state index in [1.165, 1.54) is 9.36 Å². The highest BCUT2D eigenvalue weighted by atomic mass is 16.6. The molecule has 9 heteroatoms. The van der Waals surface area contributed by atoms with E-state index in [1.807, 2.05) is 58.9 Å². The number of tetrazole rings is 1. The van der Waals surface area contributed by atoms with Crippen LogP contribution in [-0.4, -0.2) is 38.2 Å². The minimum absolute atomic E-state index is 0.183. The number of nitrogens with zero attached hydrogens (tertiary/aromatic N) is 5. The van der Waals surface area contributed by atoms with Crippen LogP contribution in [0.15, 0.2) is 46.3 Å². The predicted octanol–water partition coefficient (Wildman–Crippen LogP) is 3.40. The molecule has 2 aromatic carbocycles. The number of rotatable bonds is 7. The fourth-order valence-corrected chi connectivity index (χ4v) is 3.00. The van der Waals surface area contributed by atoms with Crippen LogP contribution in [0.3, 0.4) is 0 Å². The standard InChI is InChI=1S/C23H29N5O4/c1-15-13-17(16(2)24-32-23(3,4)5)11-12-20(15)31-14-18-19(9-8-10-21(18)30-7)28-22(29)27(6)25-26-28/h8-13H,14H2,1-7H3. The predicted molar refractivity (Wildman–Crippen MR) is 122 cm³/mol. The minimum atomic E-state index is -0.354. The molecule has 1 heterocycles. The van der Waals surface area contributed by atoms with Gasteiger partial charge in [-0.3, -0.25) is 0 Å². The second-order valence-electron chi connectivity index (χ2n) is 8.40. The lowest BCUT2D eigenvalue weighted by Crippen LogP contribution is -2.23. The summed E-state index contributed by atoms with van der Waals surface area (Å²) in [6.45, 7) is 9.91. The normalized spacial score (nSPS) is 12.0. The molecule has 3 aromatic rings. The number of methoxy groups -OCH3 is 1. The quantitative estimate of drug-likeness (QED) is 0.414. The summed E-state index contributed by atoms with van der Waals surface area (Å²) in [5.74, 6) is 1.30. The summed E-state index contributed by atoms with van der Waals surface area (Å²) in [4.78, 5) is 17.9. The molecule has 0 saturated heterocycles. The Kier molecular flexibility index (Phi) is 6.67. The summed E-state index contributed by atoms with van der Waals surface area (Å²) in [5, 5.41) is 12.0. The molecule has 0 saturated carbocycles. The molecular weight excluding hydrogens is 410 g/mol. The van der Waals surface area contributed by atoms with Crippen LogP contribution in [0.1, 0.15) is 44.4 Å². The molecule has 0 fully saturated rings. The third-order valence-corrected chi connectivity index (χ3v) is 4.70. The zero-order valence-corrected chi connectivity index (χ0v) is 19.5. The van der Waals surface area contributed by atoms with Crippen LogP contribution in [0.2, 0.25) is 0 Å². The van der Waals surface area contributed by atoms with Gasteiger partial charge in [0.15, 0.2) is 0 Å². The van der Waals surface area contributed by atoms with E-state index in [2.05, 4.69) is 15.6 Å². The van der Waals surface area contributed by atoms with E-state index in [0.29, 0.717) is 22.7 Å². The van der Waals surface area contributed by atoms with Gasteiger partial charge in [-0.25, -0.2) is 4.79 Å². The summed E-state index contributed by atoms with van der Waals surface area (Å²) in [6, 6.07) is 11.2. The molecular formula is C23H29N5O4. The van der Waals surface area contributed by atoms with Crippen molar-refractivity contribution in [2.45, 2.75) is 46.8 Å². The van der Waals surface area contributed by atoms with Gasteiger partial charge in [0.05, 0.1) is 24.1 Å². The maximum absolute atomic E-state index is 12.4. The zero-order valence-electron chi connectivity index (χ0n) is 19.5. The van der Waals surface area contributed by atoms with Crippen LogP contribution in [-0.2, 0) is 18.5 Å². The number of hydrogen-bond acceptors (Lipinski definition) is 7. The summed E-state index contributed by atoms with van der Waals surface area (Å²) in [5.41, 5.74) is 3.22. The van der Waals surface area contributed by atoms with Crippen LogP contribution in [0.25, 0.3) is 5.69 Å². The number of aryl methyl sites for hydroxylation is 2. The van der Waals surface area contributed by atoms with E-state index in [-0.39, 0.29) is 17.9 Å². The second kappa shape index (κ2) is 9.25. The van der Waals surface area contributed by atoms with E-state index in [4.69, 9.17) is 14.3 Å². The topological polar surface area (TPSA) is 92.8 Å². The summed E-state index contributed by atoms with van der Waals surface area (Å²) in [7, 11) is 3.12. The van der Waals surface area contributed by atoms with E-state index in [9.17, 15) is 4.79 Å². The Labute approximate surface area is 187 Å². The van der Waals surface area contributed by atoms with Gasteiger partial charge in [-0.05, 0) is 86.5 Å². The molecule has 0 spiro atoms. The fraction of sp³-hybridized carbons (Fsp3) is 0.391. The number of hydrogen-bond donors (Lipinski definition) is 0. The van der Waals surface area contributed by atoms with Crippen molar-refractivity contribution in [3.63, 3.8) is 0 Å². The zero-order chi connectivity index (χ0) is 23.5. The van der Waals surface area contributed by atoms with Crippen molar-refractivity contribution < 1.29 is 14.3 Å². The molecule has 0 bridgehead atoms. The highest BCUT2D eigenvalue weighted by Gasteiger charge is 2.17. The molecule has 0 unspecified atom stereocenters. The molecule has 3 rings (SSSR count). The average Bonchev–Trinajstić information content (AvgIpc) is 3.08. The van der Waals surface area contributed by atoms with Gasteiger partial charge in [-0.15, -0.1) is 0 Å². The van der Waals surface area contributed by atoms with Crippen molar-refractivity contribution >= 4 is 5.71 Å². The van der Waals surface area contributed by atoms with Crippen LogP contribution in [0, 0.1) is 6.92 Å². The molecule has 0 atom stereocenters. The maximum Gasteiger partial charge on any atom is 0.368 e. The van der Waals surface area contributed by atoms with Crippen LogP contribution < -0.4 is 15.2 Å². The van der Waals surface area contributed by atoms with E-state index in [1.54, 1.807) is 26.3 Å². The SMILES string of the molecule is COc1cccc(-n2nnn(C)c2=O)c1COc1ccc(C(C)=NOC(C)(C)C)cc1C. The first-order valence-electron chi connectivity index (χ1n) is 10.2. The Hall–Kier alpha value is -3.62. The molecule has 170 valence electrons. The molecule has 0 amide bonds. The van der Waals surface area contributed by atoms with E-state index >= 15 is 0 Å². The number of ether oxygens (including phenoxy) is 2. The monoisotopic (exact) mass is 439 g/mol. The second-order valence-corrected chi connectivity index (χ2v) is 8.40. The molecule has 0 radical (unpaired) electrons. The van der Waals surface area contributed by atoms with Gasteiger partial charge in [0.25, 0.3) is 0 Å². The van der Waals surface area contributed by atoms with E-state index < -0.39 is 0 Å². The van der Waals surface area contributed by atoms with Gasteiger partial charge in [-0.1, -0.05) is 11.2 Å². The third-order valence-electron chi connectivity index (χ3n) is 4.70. The first-order valence-corrected chi connectivity index (χ1v) is 10.2. The fourth-order valence-electron chi connectivity index (χ4n) is 3.00. The average molecular weight is 440 g/mol. The lowest BCUT2D eigenvalue weighted by molar-refractivity contribution is 0.000954. The van der Waals surface area contributed by atoms with E-state index in [0.717, 1.165) is 16.8 Å². The minimum Gasteiger partial charge on any atom is -0.496 e. The Bertz CT molecular complexity index is 1190. The van der Waals surface area contributed by atoms with Crippen molar-refractivity contribution in [2.24, 2.45) is 12.2 Å². The Morgan fingerprint density at radius 2 is 1.88 bits per heavy atom. The van der Waals surface area contributed by atoms with Crippen LogP contribution in [0.4, 0.5) is 0 Å². The number of benzene rings is 2. The van der Waals surface area contributed by atoms with Gasteiger partial charge < -0.3 is 14.3 Å². The smallest absolute Gasteiger partial charge is 0.368 e. The highest BCUT2D eigenvalue weighted by Crippen LogP contribution is 2.27. The van der Waals surface area contributed by atoms with Gasteiger partial charge in [0.2, 0.25) is 0 Å². The van der Waals surface area contributed by atoms with Crippen molar-refractivity contribution in [1.82, 2.24) is 19.8 Å². The molecule has 32 heavy (non-hydrogen) atoms. The van der Waals surface area contributed by atoms with Crippen molar-refractivity contribution in [3.8, 4) is 17.2 Å². The van der Waals surface area contributed by atoms with Crippen LogP contribution >= 0.6 is 0 Å². The Morgan fingerprint density at radius 1 is 1.12 bits per heavy atom. The van der Waals surface area contributed by atoms with Gasteiger partial charge >= 0.3 is 5.69 Å². The van der Waals surface area contributed by atoms with Gasteiger partial charge in [-0.2, -0.15) is 9.36 Å². The Morgan fingerprint density at radius 3 is 2.47 bits per heavy atom. The van der Waals surface area contributed by atoms with Crippen molar-refractivity contribution in [1.29, 1.82) is 0 Å². The first kappa shape index (κ1) is 23.1. The van der Waals surface area contributed by atoms with Crippen molar-refractivity contribution in [3.05, 3.63) is 63.6 Å². The molecule has 0 aliphatic rings. The molecule has 0 aliphatic carbocycles. The van der Waals surface area contributed by atoms with Gasteiger partial charge in [0.1, 0.15) is 23.7 Å². The van der Waals surface area contributed by atoms with Gasteiger partial charge in [0, 0.05) is 7.05 Å². The molecule has 0 N–H and O–H groups in total. The lowest BCUT2D eigenvalue weighted by atomic mass is 10.1. The number of oxime groups is 1. The highest BCUT2D eigenvalue weighted by molar-refractivity contribution is 5.98. The molecule has 1 aromatic heterocycles. The lowest BCUT2D eigenvalue weighted by Gasteiger charge is -2.17. The largest absolute Gasteiger partial charge is 0.496 e. The molecule has 0 aliphatic heterocycles. The van der Waals surface area contributed by atoms with Crippen molar-refractivity contribution in [2.75, 3.05) is 7.11 Å². The number of aromatic nitrogens is 4. The first-order chi connectivity index (χ1) is 15.1.